The average molecular weight is 423 g/mol. The standard InChI is InChI=1S/C17H16Cl2N6OS/c1-10(2)11-3-5-13(6-4-11)25-17(22-23-24-25)27-9-15(26)21-16-14(19)7-12(18)8-20-16/h3-8,10H,9H2,1-2H3,(H,20,21,26). The number of thioether (sulfide) groups is 1. The van der Waals surface area contributed by atoms with Crippen LogP contribution in [0.1, 0.15) is 25.3 Å². The van der Waals surface area contributed by atoms with Gasteiger partial charge in [0, 0.05) is 6.20 Å². The highest BCUT2D eigenvalue weighted by Gasteiger charge is 2.13. The van der Waals surface area contributed by atoms with Crippen LogP contribution in [0.2, 0.25) is 10.0 Å². The fourth-order valence-electron chi connectivity index (χ4n) is 2.24. The molecule has 0 spiro atoms. The van der Waals surface area contributed by atoms with Gasteiger partial charge in [0.2, 0.25) is 11.1 Å². The Morgan fingerprint density at radius 2 is 2.00 bits per heavy atom. The number of pyridine rings is 1. The van der Waals surface area contributed by atoms with E-state index in [9.17, 15) is 4.79 Å². The lowest BCUT2D eigenvalue weighted by Crippen LogP contribution is -2.16. The fraction of sp³-hybridized carbons (Fsp3) is 0.235. The Labute approximate surface area is 170 Å². The van der Waals surface area contributed by atoms with Gasteiger partial charge < -0.3 is 5.32 Å². The number of rotatable bonds is 6. The largest absolute Gasteiger partial charge is 0.309 e. The molecule has 0 saturated heterocycles. The summed E-state index contributed by atoms with van der Waals surface area (Å²) in [6.07, 6.45) is 1.41. The number of anilines is 1. The van der Waals surface area contributed by atoms with Crippen molar-refractivity contribution in [3.63, 3.8) is 0 Å². The summed E-state index contributed by atoms with van der Waals surface area (Å²) in [7, 11) is 0. The van der Waals surface area contributed by atoms with E-state index in [1.807, 2.05) is 24.3 Å². The number of carbonyl (C=O) groups is 1. The van der Waals surface area contributed by atoms with Crippen molar-refractivity contribution in [2.75, 3.05) is 11.1 Å². The maximum Gasteiger partial charge on any atom is 0.236 e. The number of nitrogens with zero attached hydrogens (tertiary/aromatic N) is 5. The fourth-order valence-corrected chi connectivity index (χ4v) is 3.35. The van der Waals surface area contributed by atoms with Gasteiger partial charge in [-0.2, -0.15) is 4.68 Å². The zero-order valence-electron chi connectivity index (χ0n) is 14.6. The topological polar surface area (TPSA) is 85.6 Å². The van der Waals surface area contributed by atoms with Crippen LogP contribution in [0, 0.1) is 0 Å². The first-order valence-corrected chi connectivity index (χ1v) is 9.80. The lowest BCUT2D eigenvalue weighted by Gasteiger charge is -2.08. The van der Waals surface area contributed by atoms with E-state index in [0.717, 1.165) is 5.69 Å². The summed E-state index contributed by atoms with van der Waals surface area (Å²) in [4.78, 5) is 16.2. The summed E-state index contributed by atoms with van der Waals surface area (Å²) in [6.45, 7) is 4.27. The molecule has 0 bridgehead atoms. The van der Waals surface area contributed by atoms with Crippen LogP contribution < -0.4 is 5.32 Å². The average Bonchev–Trinajstić information content (AvgIpc) is 3.11. The van der Waals surface area contributed by atoms with Crippen molar-refractivity contribution in [2.45, 2.75) is 24.9 Å². The van der Waals surface area contributed by atoms with E-state index in [4.69, 9.17) is 23.2 Å². The van der Waals surface area contributed by atoms with E-state index in [2.05, 4.69) is 39.7 Å². The SMILES string of the molecule is CC(C)c1ccc(-n2nnnc2SCC(=O)Nc2ncc(Cl)cc2Cl)cc1. The molecule has 1 aromatic carbocycles. The minimum Gasteiger partial charge on any atom is -0.309 e. The van der Waals surface area contributed by atoms with Gasteiger partial charge in [-0.1, -0.05) is 60.9 Å². The number of nitrogens with one attached hydrogen (secondary N) is 1. The Bertz CT molecular complexity index is 945. The number of hydrogen-bond acceptors (Lipinski definition) is 6. The smallest absolute Gasteiger partial charge is 0.236 e. The van der Waals surface area contributed by atoms with Gasteiger partial charge in [-0.25, -0.2) is 4.98 Å². The number of amides is 1. The second-order valence-electron chi connectivity index (χ2n) is 5.94. The summed E-state index contributed by atoms with van der Waals surface area (Å²) in [5.74, 6) is 0.529. The van der Waals surface area contributed by atoms with Gasteiger partial charge in [0.25, 0.3) is 0 Å². The Morgan fingerprint density at radius 3 is 2.67 bits per heavy atom. The molecule has 140 valence electrons. The third kappa shape index (κ3) is 4.97. The molecule has 3 aromatic rings. The maximum absolute atomic E-state index is 12.2. The molecule has 27 heavy (non-hydrogen) atoms. The Morgan fingerprint density at radius 1 is 1.26 bits per heavy atom. The van der Waals surface area contributed by atoms with E-state index >= 15 is 0 Å². The molecule has 1 amide bonds. The van der Waals surface area contributed by atoms with Crippen molar-refractivity contribution in [3.8, 4) is 5.69 Å². The van der Waals surface area contributed by atoms with Crippen molar-refractivity contribution in [3.05, 3.63) is 52.1 Å². The molecular formula is C17H16Cl2N6OS. The number of benzene rings is 1. The second kappa shape index (κ2) is 8.69. The zero-order chi connectivity index (χ0) is 19.4. The maximum atomic E-state index is 12.2. The van der Waals surface area contributed by atoms with Gasteiger partial charge in [0.15, 0.2) is 5.82 Å². The van der Waals surface area contributed by atoms with Crippen LogP contribution >= 0.6 is 35.0 Å². The predicted molar refractivity (Wildman–Crippen MR) is 107 cm³/mol. The molecule has 0 aliphatic rings. The summed E-state index contributed by atoms with van der Waals surface area (Å²) >= 11 is 13.0. The molecule has 0 saturated carbocycles. The molecular weight excluding hydrogens is 407 g/mol. The minimum absolute atomic E-state index is 0.102. The first-order chi connectivity index (χ1) is 12.9. The molecule has 3 rings (SSSR count). The lowest BCUT2D eigenvalue weighted by atomic mass is 10.0. The van der Waals surface area contributed by atoms with Crippen LogP contribution in [0.25, 0.3) is 5.69 Å². The van der Waals surface area contributed by atoms with Gasteiger partial charge in [-0.3, -0.25) is 4.79 Å². The third-order valence-electron chi connectivity index (χ3n) is 3.64. The molecule has 7 nitrogen and oxygen atoms in total. The van der Waals surface area contributed by atoms with Gasteiger partial charge in [-0.15, -0.1) is 5.10 Å². The number of carbonyl (C=O) groups excluding carboxylic acids is 1. The third-order valence-corrected chi connectivity index (χ3v) is 5.06. The van der Waals surface area contributed by atoms with Crippen LogP contribution in [0.3, 0.4) is 0 Å². The van der Waals surface area contributed by atoms with Crippen LogP contribution in [0.4, 0.5) is 5.82 Å². The molecule has 0 fully saturated rings. The molecule has 0 unspecified atom stereocenters. The molecule has 0 radical (unpaired) electrons. The number of hydrogen-bond donors (Lipinski definition) is 1. The number of tetrazole rings is 1. The highest BCUT2D eigenvalue weighted by Crippen LogP contribution is 2.24. The molecule has 0 atom stereocenters. The minimum atomic E-state index is -0.276. The summed E-state index contributed by atoms with van der Waals surface area (Å²) < 4.78 is 1.59. The zero-order valence-corrected chi connectivity index (χ0v) is 16.9. The molecule has 2 heterocycles. The van der Waals surface area contributed by atoms with Gasteiger partial charge in [0.1, 0.15) is 0 Å². The van der Waals surface area contributed by atoms with Crippen molar-refractivity contribution in [1.82, 2.24) is 25.2 Å². The van der Waals surface area contributed by atoms with E-state index < -0.39 is 0 Å². The van der Waals surface area contributed by atoms with Crippen molar-refractivity contribution < 1.29 is 4.79 Å². The second-order valence-corrected chi connectivity index (χ2v) is 7.73. The van der Waals surface area contributed by atoms with Crippen molar-refractivity contribution in [2.24, 2.45) is 0 Å². The van der Waals surface area contributed by atoms with Crippen LogP contribution in [0.15, 0.2) is 41.7 Å². The molecule has 10 heteroatoms. The number of aromatic nitrogens is 5. The van der Waals surface area contributed by atoms with Gasteiger partial charge >= 0.3 is 0 Å². The van der Waals surface area contributed by atoms with Gasteiger partial charge in [-0.05, 0) is 40.1 Å². The highest BCUT2D eigenvalue weighted by atomic mass is 35.5. The van der Waals surface area contributed by atoms with E-state index in [0.29, 0.717) is 16.1 Å². The number of halogens is 2. The monoisotopic (exact) mass is 422 g/mol. The quantitative estimate of drug-likeness (QED) is 0.598. The first-order valence-electron chi connectivity index (χ1n) is 8.06. The van der Waals surface area contributed by atoms with Crippen LogP contribution in [0.5, 0.6) is 0 Å². The Balaban J connectivity index is 1.65. The highest BCUT2D eigenvalue weighted by molar-refractivity contribution is 7.99. The molecule has 0 aliphatic heterocycles. The normalized spacial score (nSPS) is 11.0. The Kier molecular flexibility index (Phi) is 6.30. The van der Waals surface area contributed by atoms with Crippen molar-refractivity contribution in [1.29, 1.82) is 0 Å². The van der Waals surface area contributed by atoms with E-state index in [-0.39, 0.29) is 22.5 Å². The predicted octanol–water partition coefficient (Wildman–Crippen LogP) is 4.22. The summed E-state index contributed by atoms with van der Waals surface area (Å²) in [6, 6.07) is 9.49. The van der Waals surface area contributed by atoms with Crippen molar-refractivity contribution >= 4 is 46.7 Å². The Hall–Kier alpha value is -2.16. The van der Waals surface area contributed by atoms with Gasteiger partial charge in [0.05, 0.1) is 21.5 Å². The molecule has 2 aromatic heterocycles. The lowest BCUT2D eigenvalue weighted by molar-refractivity contribution is -0.113. The molecule has 0 aliphatic carbocycles. The molecule has 1 N–H and O–H groups in total. The van der Waals surface area contributed by atoms with Crippen LogP contribution in [-0.2, 0) is 4.79 Å². The summed E-state index contributed by atoms with van der Waals surface area (Å²) in [5.41, 5.74) is 2.06. The summed E-state index contributed by atoms with van der Waals surface area (Å²) in [5, 5.41) is 15.5. The van der Waals surface area contributed by atoms with E-state index in [1.165, 1.54) is 29.6 Å². The van der Waals surface area contributed by atoms with Crippen LogP contribution in [-0.4, -0.2) is 36.9 Å². The van der Waals surface area contributed by atoms with E-state index in [1.54, 1.807) is 4.68 Å². The first kappa shape index (κ1) is 19.6.